The Labute approximate surface area is 120 Å². The van der Waals surface area contributed by atoms with Crippen molar-refractivity contribution in [2.75, 3.05) is 20.3 Å². The largest absolute Gasteiger partial charge is 0.469 e. The number of carbonyl (C=O) groups excluding carboxylic acids is 1. The fourth-order valence-electron chi connectivity index (χ4n) is 2.44. The van der Waals surface area contributed by atoms with E-state index in [0.717, 1.165) is 43.7 Å². The molecule has 0 aliphatic carbocycles. The van der Waals surface area contributed by atoms with Gasteiger partial charge in [-0.1, -0.05) is 24.3 Å². The van der Waals surface area contributed by atoms with E-state index in [1.807, 2.05) is 18.2 Å². The molecule has 0 bridgehead atoms. The van der Waals surface area contributed by atoms with Crippen LogP contribution in [0.4, 0.5) is 0 Å². The van der Waals surface area contributed by atoms with Crippen molar-refractivity contribution in [3.05, 3.63) is 35.4 Å². The van der Waals surface area contributed by atoms with Crippen molar-refractivity contribution in [1.82, 2.24) is 5.32 Å². The number of rotatable bonds is 5. The van der Waals surface area contributed by atoms with Crippen molar-refractivity contribution < 1.29 is 14.3 Å². The Morgan fingerprint density at radius 3 is 2.60 bits per heavy atom. The summed E-state index contributed by atoms with van der Waals surface area (Å²) in [5.74, 6) is -0.199. The van der Waals surface area contributed by atoms with Crippen molar-refractivity contribution in [2.45, 2.75) is 38.3 Å². The lowest BCUT2D eigenvalue weighted by molar-refractivity contribution is -0.139. The van der Waals surface area contributed by atoms with E-state index >= 15 is 0 Å². The third-order valence-corrected chi connectivity index (χ3v) is 3.98. The molecule has 0 saturated carbocycles. The van der Waals surface area contributed by atoms with Gasteiger partial charge >= 0.3 is 5.97 Å². The highest BCUT2D eigenvalue weighted by atomic mass is 16.5. The van der Waals surface area contributed by atoms with Gasteiger partial charge in [-0.15, -0.1) is 0 Å². The smallest absolute Gasteiger partial charge is 0.309 e. The molecule has 110 valence electrons. The molecule has 0 amide bonds. The number of ether oxygens (including phenoxy) is 2. The second kappa shape index (κ2) is 6.86. The van der Waals surface area contributed by atoms with E-state index in [0.29, 0.717) is 6.42 Å². The molecule has 1 N–H and O–H groups in total. The Balaban J connectivity index is 2.00. The molecule has 1 aromatic rings. The molecule has 2 rings (SSSR count). The minimum absolute atomic E-state index is 0.122. The molecule has 0 spiro atoms. The lowest BCUT2D eigenvalue weighted by atomic mass is 9.92. The third-order valence-electron chi connectivity index (χ3n) is 3.98. The fourth-order valence-corrected chi connectivity index (χ4v) is 2.44. The minimum atomic E-state index is -0.199. The molecule has 1 fully saturated rings. The maximum Gasteiger partial charge on any atom is 0.309 e. The van der Waals surface area contributed by atoms with Crippen LogP contribution < -0.4 is 5.32 Å². The average molecular weight is 277 g/mol. The van der Waals surface area contributed by atoms with Crippen LogP contribution in [0.1, 0.15) is 30.9 Å². The van der Waals surface area contributed by atoms with E-state index in [4.69, 9.17) is 9.47 Å². The van der Waals surface area contributed by atoms with Crippen LogP contribution in [0.2, 0.25) is 0 Å². The molecule has 4 heteroatoms. The first-order valence-electron chi connectivity index (χ1n) is 7.09. The molecule has 1 heterocycles. The van der Waals surface area contributed by atoms with Gasteiger partial charge in [-0.05, 0) is 30.9 Å². The van der Waals surface area contributed by atoms with Crippen molar-refractivity contribution in [3.63, 3.8) is 0 Å². The number of esters is 1. The van der Waals surface area contributed by atoms with Gasteiger partial charge in [0.05, 0.1) is 13.5 Å². The number of benzene rings is 1. The zero-order chi connectivity index (χ0) is 14.4. The third kappa shape index (κ3) is 4.05. The molecule has 0 unspecified atom stereocenters. The number of nitrogens with one attached hydrogen (secondary N) is 1. The van der Waals surface area contributed by atoms with Gasteiger partial charge in [-0.25, -0.2) is 0 Å². The summed E-state index contributed by atoms with van der Waals surface area (Å²) in [5, 5.41) is 3.61. The molecule has 4 nitrogen and oxygen atoms in total. The summed E-state index contributed by atoms with van der Waals surface area (Å²) in [5.41, 5.74) is 2.31. The summed E-state index contributed by atoms with van der Waals surface area (Å²) < 4.78 is 10.2. The van der Waals surface area contributed by atoms with Crippen LogP contribution in [0.5, 0.6) is 0 Å². The quantitative estimate of drug-likeness (QED) is 0.837. The van der Waals surface area contributed by atoms with Gasteiger partial charge in [-0.3, -0.25) is 4.79 Å². The highest BCUT2D eigenvalue weighted by molar-refractivity contribution is 5.72. The summed E-state index contributed by atoms with van der Waals surface area (Å²) >= 11 is 0. The van der Waals surface area contributed by atoms with E-state index in [9.17, 15) is 4.79 Å². The first-order valence-corrected chi connectivity index (χ1v) is 7.09. The molecule has 0 radical (unpaired) electrons. The van der Waals surface area contributed by atoms with Crippen molar-refractivity contribution >= 4 is 5.97 Å². The molecule has 20 heavy (non-hydrogen) atoms. The van der Waals surface area contributed by atoms with Gasteiger partial charge in [0, 0.05) is 25.3 Å². The highest BCUT2D eigenvalue weighted by Gasteiger charge is 2.26. The summed E-state index contributed by atoms with van der Waals surface area (Å²) in [6.45, 7) is 4.63. The molecule has 1 aliphatic rings. The minimum Gasteiger partial charge on any atom is -0.469 e. The van der Waals surface area contributed by atoms with E-state index in [2.05, 4.69) is 18.3 Å². The first kappa shape index (κ1) is 15.0. The Bertz CT molecular complexity index is 453. The summed E-state index contributed by atoms with van der Waals surface area (Å²) in [7, 11) is 1.42. The van der Waals surface area contributed by atoms with Crippen molar-refractivity contribution in [1.29, 1.82) is 0 Å². The predicted molar refractivity (Wildman–Crippen MR) is 77.5 cm³/mol. The molecule has 1 saturated heterocycles. The van der Waals surface area contributed by atoms with Crippen LogP contribution in [0.25, 0.3) is 0 Å². The Hall–Kier alpha value is -1.39. The molecule has 1 aromatic carbocycles. The number of methoxy groups -OCH3 is 1. The lowest BCUT2D eigenvalue weighted by Crippen LogP contribution is -2.46. The number of hydrogen-bond donors (Lipinski definition) is 1. The molecule has 0 aromatic heterocycles. The predicted octanol–water partition coefficient (Wildman–Crippen LogP) is 2.06. The van der Waals surface area contributed by atoms with E-state index < -0.39 is 0 Å². The maximum atomic E-state index is 11.4. The van der Waals surface area contributed by atoms with Crippen LogP contribution in [0.15, 0.2) is 24.3 Å². The molecular formula is C16H23NO3. The van der Waals surface area contributed by atoms with Gasteiger partial charge in [-0.2, -0.15) is 0 Å². The molecular weight excluding hydrogens is 254 g/mol. The monoisotopic (exact) mass is 277 g/mol. The van der Waals surface area contributed by atoms with Gasteiger partial charge in [0.15, 0.2) is 0 Å². The normalized spacial score (nSPS) is 17.7. The average Bonchev–Trinajstić information content (AvgIpc) is 2.47. The SMILES string of the molecule is COC(=O)Cc1ccccc1CNC1(C)CCOCC1. The van der Waals surface area contributed by atoms with Crippen LogP contribution in [-0.2, 0) is 27.2 Å². The first-order chi connectivity index (χ1) is 9.63. The summed E-state index contributed by atoms with van der Waals surface area (Å²) in [4.78, 5) is 11.4. The standard InChI is InChI=1S/C16H23NO3/c1-16(7-9-20-10-8-16)17-12-14-6-4-3-5-13(14)11-15(18)19-2/h3-6,17H,7-12H2,1-2H3. The Morgan fingerprint density at radius 2 is 1.95 bits per heavy atom. The zero-order valence-corrected chi connectivity index (χ0v) is 12.3. The summed E-state index contributed by atoms with van der Waals surface area (Å²) in [6, 6.07) is 8.01. The van der Waals surface area contributed by atoms with Gasteiger partial charge in [0.2, 0.25) is 0 Å². The highest BCUT2D eigenvalue weighted by Crippen LogP contribution is 2.21. The zero-order valence-electron chi connectivity index (χ0n) is 12.3. The Kier molecular flexibility index (Phi) is 5.15. The molecule has 1 aliphatic heterocycles. The van der Waals surface area contributed by atoms with E-state index in [1.165, 1.54) is 7.11 Å². The topological polar surface area (TPSA) is 47.6 Å². The number of hydrogen-bond acceptors (Lipinski definition) is 4. The van der Waals surface area contributed by atoms with Crippen LogP contribution in [0, 0.1) is 0 Å². The number of carbonyl (C=O) groups is 1. The van der Waals surface area contributed by atoms with Crippen molar-refractivity contribution in [2.24, 2.45) is 0 Å². The maximum absolute atomic E-state index is 11.4. The molecule has 0 atom stereocenters. The van der Waals surface area contributed by atoms with Crippen LogP contribution in [0.3, 0.4) is 0 Å². The second-order valence-corrected chi connectivity index (χ2v) is 5.55. The summed E-state index contributed by atoms with van der Waals surface area (Å²) in [6.07, 6.45) is 2.37. The van der Waals surface area contributed by atoms with Gasteiger partial charge < -0.3 is 14.8 Å². The second-order valence-electron chi connectivity index (χ2n) is 5.55. The van der Waals surface area contributed by atoms with Gasteiger partial charge in [0.1, 0.15) is 0 Å². The van der Waals surface area contributed by atoms with Gasteiger partial charge in [0.25, 0.3) is 0 Å². The lowest BCUT2D eigenvalue weighted by Gasteiger charge is -2.35. The van der Waals surface area contributed by atoms with Crippen LogP contribution >= 0.6 is 0 Å². The van der Waals surface area contributed by atoms with Crippen LogP contribution in [-0.4, -0.2) is 31.8 Å². The fraction of sp³-hybridized carbons (Fsp3) is 0.562. The Morgan fingerprint density at radius 1 is 1.30 bits per heavy atom. The van der Waals surface area contributed by atoms with Crippen molar-refractivity contribution in [3.8, 4) is 0 Å². The van der Waals surface area contributed by atoms with E-state index in [1.54, 1.807) is 0 Å². The van der Waals surface area contributed by atoms with E-state index in [-0.39, 0.29) is 11.5 Å².